The molecule has 1 aliphatic heterocycles. The highest BCUT2D eigenvalue weighted by Gasteiger charge is 2.70. The molecule has 1 aromatic heterocycles. The lowest BCUT2D eigenvalue weighted by Crippen LogP contribution is -2.68. The molecule has 2 aromatic rings. The fraction of sp³-hybridized carbons (Fsp3) is 0.661. The fourth-order valence-corrected chi connectivity index (χ4v) is 17.5. The Labute approximate surface area is 389 Å². The number of carbonyl (C=O) groups is 1. The van der Waals surface area contributed by atoms with Crippen molar-refractivity contribution in [2.45, 2.75) is 124 Å². The van der Waals surface area contributed by atoms with Crippen molar-refractivity contribution in [2.75, 3.05) is 44.3 Å². The highest BCUT2D eigenvalue weighted by atomic mass is 32.2. The molecule has 8 heteroatoms. The van der Waals surface area contributed by atoms with Crippen molar-refractivity contribution < 1.29 is 14.6 Å². The van der Waals surface area contributed by atoms with Crippen molar-refractivity contribution in [3.63, 3.8) is 0 Å². The Bertz CT molecular complexity index is 2170. The molecule has 1 saturated heterocycles. The molecular formula is C56H76N4O3S. The van der Waals surface area contributed by atoms with E-state index in [9.17, 15) is 15.2 Å². The van der Waals surface area contributed by atoms with Gasteiger partial charge in [-0.3, -0.25) is 4.79 Å². The van der Waals surface area contributed by atoms with Crippen LogP contribution in [-0.4, -0.2) is 70.8 Å². The SMILES string of the molecule is C=C(C)[C@@H]1CC[C@]2(NCCN3CCSCC3)CC[C@]3(C)[C@H](CC[C@@H]4[C@@]5(C)CC=C(C6=CC(Cc7ccccc7)C(COc7ccc(C#N)cn7)(C(=O)O)CC6)C(C)(C)[C@@H]5CC[C@]43C)[C@@H]12. The van der Waals surface area contributed by atoms with Crippen LogP contribution < -0.4 is 10.1 Å². The molecule has 0 amide bonds. The number of carboxylic acid groups (broad SMARTS) is 1. The molecule has 1 aromatic carbocycles. The summed E-state index contributed by atoms with van der Waals surface area (Å²) in [5, 5.41) is 24.8. The van der Waals surface area contributed by atoms with Crippen molar-refractivity contribution in [1.82, 2.24) is 15.2 Å². The molecule has 5 fully saturated rings. The molecule has 11 atom stereocenters. The van der Waals surface area contributed by atoms with Gasteiger partial charge >= 0.3 is 5.97 Å². The number of nitrogens with one attached hydrogen (secondary N) is 1. The van der Waals surface area contributed by atoms with Gasteiger partial charge in [0.1, 0.15) is 18.1 Å². The van der Waals surface area contributed by atoms with E-state index in [4.69, 9.17) is 4.74 Å². The number of hydrogen-bond donors (Lipinski definition) is 2. The summed E-state index contributed by atoms with van der Waals surface area (Å²) in [5.41, 5.74) is 5.63. The number of thioether (sulfide) groups is 1. The number of pyridine rings is 1. The van der Waals surface area contributed by atoms with E-state index in [1.54, 1.807) is 12.1 Å². The number of aliphatic carboxylic acids is 1. The third kappa shape index (κ3) is 7.54. The number of nitriles is 1. The van der Waals surface area contributed by atoms with Gasteiger partial charge in [-0.05, 0) is 158 Å². The van der Waals surface area contributed by atoms with E-state index >= 15 is 0 Å². The number of carboxylic acids is 1. The first-order valence-electron chi connectivity index (χ1n) is 25.0. The van der Waals surface area contributed by atoms with E-state index in [1.165, 1.54) is 105 Å². The number of fused-ring (bicyclic) bond motifs is 7. The maximum atomic E-state index is 13.6. The summed E-state index contributed by atoms with van der Waals surface area (Å²) in [6.45, 7) is 25.1. The monoisotopic (exact) mass is 885 g/mol. The van der Waals surface area contributed by atoms with Crippen LogP contribution in [0.5, 0.6) is 5.88 Å². The van der Waals surface area contributed by atoms with Crippen LogP contribution in [0.2, 0.25) is 0 Å². The average molecular weight is 885 g/mol. The number of rotatable bonds is 12. The van der Waals surface area contributed by atoms with Crippen LogP contribution in [0.25, 0.3) is 0 Å². The van der Waals surface area contributed by atoms with Gasteiger partial charge in [0.15, 0.2) is 0 Å². The van der Waals surface area contributed by atoms with Crippen molar-refractivity contribution in [2.24, 2.45) is 62.6 Å². The number of ether oxygens (including phenoxy) is 1. The zero-order chi connectivity index (χ0) is 45.1. The number of hydrogen-bond acceptors (Lipinski definition) is 7. The van der Waals surface area contributed by atoms with Crippen molar-refractivity contribution in [3.05, 3.63) is 95.2 Å². The summed E-state index contributed by atoms with van der Waals surface area (Å²) in [7, 11) is 0. The molecule has 2 heterocycles. The molecule has 2 N–H and O–H groups in total. The molecule has 4 saturated carbocycles. The second-order valence-electron chi connectivity index (χ2n) is 23.0. The van der Waals surface area contributed by atoms with Crippen molar-refractivity contribution >= 4 is 17.7 Å². The minimum Gasteiger partial charge on any atom is -0.481 e. The average Bonchev–Trinajstić information content (AvgIpc) is 3.67. The Balaban J connectivity index is 0.991. The maximum Gasteiger partial charge on any atom is 0.313 e. The standard InChI is InChI=1S/C56H76N4O3S/c1-38(2)43-18-24-56(59-27-28-60-29-31-64-32-30-60)26-25-53(6)45(49(43)56)14-15-47-52(5)21-19-44(51(3,4)46(52)20-22-54(47,53)7)41-17-23-55(50(61)62,37-63-48-16-13-40(35-57)36-58-48)42(34-41)33-39-11-9-8-10-12-39/h8-13,16,19,34,36,42-43,45-47,49,59H,1,14-15,17-18,20-33,37H2,2-7H3,(H,61,62)/t42?,43-,45+,46-,47+,49+,52-,53+,54+,55?,56-/m0/s1. The summed E-state index contributed by atoms with van der Waals surface area (Å²) in [5.74, 6) is 5.03. The van der Waals surface area contributed by atoms with E-state index < -0.39 is 11.4 Å². The molecule has 64 heavy (non-hydrogen) atoms. The smallest absolute Gasteiger partial charge is 0.313 e. The molecule has 0 bridgehead atoms. The van der Waals surface area contributed by atoms with Crippen molar-refractivity contribution in [3.8, 4) is 11.9 Å². The Morgan fingerprint density at radius 2 is 1.75 bits per heavy atom. The maximum absolute atomic E-state index is 13.6. The highest BCUT2D eigenvalue weighted by Crippen LogP contribution is 2.76. The van der Waals surface area contributed by atoms with Gasteiger partial charge in [0.05, 0.1) is 5.56 Å². The Hall–Kier alpha value is -3.38. The highest BCUT2D eigenvalue weighted by molar-refractivity contribution is 7.99. The topological polar surface area (TPSA) is 98.5 Å². The van der Waals surface area contributed by atoms with Crippen LogP contribution in [0, 0.1) is 73.9 Å². The quantitative estimate of drug-likeness (QED) is 0.203. The summed E-state index contributed by atoms with van der Waals surface area (Å²) in [6, 6.07) is 15.8. The first-order valence-corrected chi connectivity index (χ1v) is 26.1. The van der Waals surface area contributed by atoms with Crippen LogP contribution in [0.1, 0.15) is 123 Å². The second-order valence-corrected chi connectivity index (χ2v) is 24.2. The third-order valence-corrected chi connectivity index (χ3v) is 21.0. The molecule has 7 aliphatic rings. The first-order chi connectivity index (χ1) is 30.6. The molecule has 9 rings (SSSR count). The van der Waals surface area contributed by atoms with Crippen LogP contribution in [0.3, 0.4) is 0 Å². The van der Waals surface area contributed by atoms with Crippen LogP contribution >= 0.6 is 11.8 Å². The number of allylic oxidation sites excluding steroid dienone is 5. The Morgan fingerprint density at radius 1 is 0.969 bits per heavy atom. The van der Waals surface area contributed by atoms with Gasteiger partial charge in [-0.25, -0.2) is 4.98 Å². The Kier molecular flexibility index (Phi) is 12.4. The van der Waals surface area contributed by atoms with E-state index in [0.29, 0.717) is 65.7 Å². The normalized spacial score (nSPS) is 39.1. The van der Waals surface area contributed by atoms with E-state index in [-0.39, 0.29) is 34.3 Å². The van der Waals surface area contributed by atoms with Gasteiger partial charge in [-0.15, -0.1) is 0 Å². The minimum absolute atomic E-state index is 0.0226. The van der Waals surface area contributed by atoms with Crippen molar-refractivity contribution in [1.29, 1.82) is 5.26 Å². The number of benzene rings is 1. The molecular weight excluding hydrogens is 809 g/mol. The first kappa shape index (κ1) is 45.8. The lowest BCUT2D eigenvalue weighted by molar-refractivity contribution is -0.221. The Morgan fingerprint density at radius 3 is 2.45 bits per heavy atom. The molecule has 0 radical (unpaired) electrons. The largest absolute Gasteiger partial charge is 0.481 e. The lowest BCUT2D eigenvalue weighted by Gasteiger charge is -2.72. The number of aromatic nitrogens is 1. The molecule has 2 unspecified atom stereocenters. The number of nitrogens with zero attached hydrogens (tertiary/aromatic N) is 3. The van der Waals surface area contributed by atoms with Crippen LogP contribution in [-0.2, 0) is 11.2 Å². The van der Waals surface area contributed by atoms with Crippen LogP contribution in [0.15, 0.2) is 84.1 Å². The van der Waals surface area contributed by atoms with Gasteiger partial charge in [-0.2, -0.15) is 17.0 Å². The molecule has 0 spiro atoms. The second kappa shape index (κ2) is 17.4. The predicted molar refractivity (Wildman–Crippen MR) is 260 cm³/mol. The summed E-state index contributed by atoms with van der Waals surface area (Å²) >= 11 is 2.11. The van der Waals surface area contributed by atoms with E-state index in [2.05, 4.69) is 105 Å². The molecule has 6 aliphatic carbocycles. The van der Waals surface area contributed by atoms with E-state index in [0.717, 1.165) is 18.5 Å². The van der Waals surface area contributed by atoms with Gasteiger partial charge in [0.2, 0.25) is 5.88 Å². The summed E-state index contributed by atoms with van der Waals surface area (Å²) < 4.78 is 6.22. The third-order valence-electron chi connectivity index (χ3n) is 20.0. The molecule has 344 valence electrons. The fourth-order valence-electron chi connectivity index (χ4n) is 16.5. The van der Waals surface area contributed by atoms with E-state index in [1.807, 2.05) is 18.2 Å². The van der Waals surface area contributed by atoms with Gasteiger partial charge in [0.25, 0.3) is 0 Å². The minimum atomic E-state index is -1.12. The van der Waals surface area contributed by atoms with Gasteiger partial charge in [0, 0.05) is 61.4 Å². The van der Waals surface area contributed by atoms with Gasteiger partial charge < -0.3 is 20.1 Å². The predicted octanol–water partition coefficient (Wildman–Crippen LogP) is 11.6. The zero-order valence-electron chi connectivity index (χ0n) is 39.9. The zero-order valence-corrected chi connectivity index (χ0v) is 40.7. The summed E-state index contributed by atoms with van der Waals surface area (Å²) in [4.78, 5) is 20.6. The van der Waals surface area contributed by atoms with Crippen LogP contribution in [0.4, 0.5) is 0 Å². The summed E-state index contributed by atoms with van der Waals surface area (Å²) in [6.07, 6.45) is 19.8. The lowest BCUT2D eigenvalue weighted by atomic mass is 9.33. The molecule has 7 nitrogen and oxygen atoms in total. The van der Waals surface area contributed by atoms with Gasteiger partial charge in [-0.1, -0.05) is 89.3 Å².